The molecule has 0 radical (unpaired) electrons. The van der Waals surface area contributed by atoms with Crippen LogP contribution in [-0.4, -0.2) is 34.8 Å². The van der Waals surface area contributed by atoms with Gasteiger partial charge >= 0.3 is 0 Å². The number of nitrogens with two attached hydrogens (primary N) is 2. The number of hydrogen-bond acceptors (Lipinski definition) is 5. The Morgan fingerprint density at radius 3 is 2.74 bits per heavy atom. The molecule has 3 rings (SSSR count). The van der Waals surface area contributed by atoms with Crippen molar-refractivity contribution in [3.05, 3.63) is 35.5 Å². The highest BCUT2D eigenvalue weighted by molar-refractivity contribution is 5.90. The third-order valence-electron chi connectivity index (χ3n) is 4.80. The Morgan fingerprint density at radius 2 is 2.00 bits per heavy atom. The van der Waals surface area contributed by atoms with Gasteiger partial charge in [-0.15, -0.1) is 0 Å². The lowest BCUT2D eigenvalue weighted by Gasteiger charge is -2.28. The molecule has 9 nitrogen and oxygen atoms in total. The fraction of sp³-hybridized carbons (Fsp3) is 0.389. The predicted octanol–water partition coefficient (Wildman–Crippen LogP) is -0.517. The summed E-state index contributed by atoms with van der Waals surface area (Å²) in [5.41, 5.74) is 18.6. The molecule has 1 aliphatic rings. The van der Waals surface area contributed by atoms with Crippen molar-refractivity contribution in [2.75, 3.05) is 0 Å². The molecule has 0 spiro atoms. The topological polar surface area (TPSA) is 155 Å². The van der Waals surface area contributed by atoms with E-state index in [-0.39, 0.29) is 24.8 Å². The van der Waals surface area contributed by atoms with Gasteiger partial charge in [-0.1, -0.05) is 18.2 Å². The molecular weight excluding hydrogens is 348 g/mol. The van der Waals surface area contributed by atoms with E-state index >= 15 is 0 Å². The summed E-state index contributed by atoms with van der Waals surface area (Å²) in [6.45, 7) is 1.98. The summed E-state index contributed by atoms with van der Waals surface area (Å²) in [6, 6.07) is 6.51. The van der Waals surface area contributed by atoms with Crippen molar-refractivity contribution in [2.45, 2.75) is 44.3 Å². The lowest BCUT2D eigenvalue weighted by atomic mass is 9.94. The summed E-state index contributed by atoms with van der Waals surface area (Å²) in [4.78, 5) is 38.6. The van der Waals surface area contributed by atoms with Gasteiger partial charge in [0, 0.05) is 29.1 Å². The molecule has 0 fully saturated rings. The minimum atomic E-state index is -0.920. The van der Waals surface area contributed by atoms with Gasteiger partial charge in [-0.25, -0.2) is 0 Å². The van der Waals surface area contributed by atoms with Crippen LogP contribution in [-0.2, 0) is 20.8 Å². The predicted molar refractivity (Wildman–Crippen MR) is 100 cm³/mol. The number of rotatable bonds is 5. The average molecular weight is 372 g/mol. The van der Waals surface area contributed by atoms with Crippen LogP contribution in [0.3, 0.4) is 0 Å². The first-order valence-corrected chi connectivity index (χ1v) is 8.86. The fourth-order valence-corrected chi connectivity index (χ4v) is 3.36. The lowest BCUT2D eigenvalue weighted by molar-refractivity contribution is -0.131. The maximum atomic E-state index is 12.5. The Bertz CT molecular complexity index is 877. The second kappa shape index (κ2) is 7.77. The van der Waals surface area contributed by atoms with E-state index in [0.717, 1.165) is 22.2 Å². The van der Waals surface area contributed by atoms with Crippen LogP contribution >= 0.6 is 0 Å². The van der Waals surface area contributed by atoms with Crippen molar-refractivity contribution in [2.24, 2.45) is 11.5 Å². The zero-order chi connectivity index (χ0) is 19.6. The van der Waals surface area contributed by atoms with Crippen LogP contribution in [0.5, 0.6) is 0 Å². The van der Waals surface area contributed by atoms with Crippen LogP contribution in [0.25, 0.3) is 10.9 Å². The van der Waals surface area contributed by atoms with Gasteiger partial charge in [-0.2, -0.15) is 0 Å². The molecule has 1 aliphatic heterocycles. The molecule has 0 saturated heterocycles. The zero-order valence-electron chi connectivity index (χ0n) is 15.0. The smallest absolute Gasteiger partial charge is 0.255 e. The fourth-order valence-electron chi connectivity index (χ4n) is 3.36. The first kappa shape index (κ1) is 18.9. The molecule has 0 unspecified atom stereocenters. The number of hydrazine groups is 1. The van der Waals surface area contributed by atoms with Crippen molar-refractivity contribution in [1.82, 2.24) is 21.2 Å². The number of nitrogens with one attached hydrogen (secondary N) is 4. The van der Waals surface area contributed by atoms with Crippen LogP contribution in [0.4, 0.5) is 0 Å². The Morgan fingerprint density at radius 1 is 1.26 bits per heavy atom. The van der Waals surface area contributed by atoms with E-state index in [0.29, 0.717) is 6.42 Å². The van der Waals surface area contributed by atoms with Crippen LogP contribution in [0.1, 0.15) is 37.1 Å². The van der Waals surface area contributed by atoms with Crippen LogP contribution in [0.15, 0.2) is 24.3 Å². The van der Waals surface area contributed by atoms with Crippen molar-refractivity contribution in [3.63, 3.8) is 0 Å². The average Bonchev–Trinajstić information content (AvgIpc) is 3.03. The Kier molecular flexibility index (Phi) is 5.43. The van der Waals surface area contributed by atoms with Gasteiger partial charge in [0.2, 0.25) is 5.91 Å². The largest absolute Gasteiger partial charge is 0.370 e. The number of para-hydroxylation sites is 1. The number of hydrogen-bond donors (Lipinski definition) is 6. The van der Waals surface area contributed by atoms with E-state index in [2.05, 4.69) is 21.2 Å². The minimum Gasteiger partial charge on any atom is -0.370 e. The molecule has 1 aromatic carbocycles. The minimum absolute atomic E-state index is 0.00751. The number of H-pyrrole nitrogens is 1. The highest BCUT2D eigenvalue weighted by atomic mass is 16.2. The third-order valence-corrected chi connectivity index (χ3v) is 4.80. The molecule has 3 atom stereocenters. The van der Waals surface area contributed by atoms with Gasteiger partial charge in [0.1, 0.15) is 0 Å². The number of aromatic amines is 1. The van der Waals surface area contributed by atoms with Crippen molar-refractivity contribution in [3.8, 4) is 0 Å². The van der Waals surface area contributed by atoms with E-state index < -0.39 is 23.9 Å². The number of carbonyl (C=O) groups excluding carboxylic acids is 3. The SMILES string of the molecule is C[C@@H]1N[C@H](C(=O)NNC(=O)[C@@H](N)CCC(N)=O)Cc2c1[nH]c1ccccc21. The highest BCUT2D eigenvalue weighted by Gasteiger charge is 2.31. The van der Waals surface area contributed by atoms with Crippen LogP contribution in [0.2, 0.25) is 0 Å². The molecule has 3 amide bonds. The maximum absolute atomic E-state index is 12.5. The summed E-state index contributed by atoms with van der Waals surface area (Å²) in [7, 11) is 0. The van der Waals surface area contributed by atoms with Crippen molar-refractivity contribution >= 4 is 28.6 Å². The highest BCUT2D eigenvalue weighted by Crippen LogP contribution is 2.31. The Balaban J connectivity index is 1.61. The van der Waals surface area contributed by atoms with Crippen molar-refractivity contribution in [1.29, 1.82) is 0 Å². The molecule has 1 aromatic heterocycles. The van der Waals surface area contributed by atoms with Crippen molar-refractivity contribution < 1.29 is 14.4 Å². The molecule has 27 heavy (non-hydrogen) atoms. The number of primary amides is 1. The number of amides is 3. The van der Waals surface area contributed by atoms with Gasteiger partial charge in [-0.05, 0) is 31.4 Å². The van der Waals surface area contributed by atoms with Gasteiger partial charge in [0.15, 0.2) is 0 Å². The van der Waals surface area contributed by atoms with E-state index in [1.165, 1.54) is 0 Å². The third kappa shape index (κ3) is 4.09. The Hall–Kier alpha value is -2.91. The molecule has 0 aliphatic carbocycles. The Labute approximate surface area is 156 Å². The summed E-state index contributed by atoms with van der Waals surface area (Å²) in [5.74, 6) is -1.45. The summed E-state index contributed by atoms with van der Waals surface area (Å²) in [5, 5.41) is 4.33. The summed E-state index contributed by atoms with van der Waals surface area (Å²) >= 11 is 0. The van der Waals surface area contributed by atoms with Gasteiger partial charge in [0.05, 0.1) is 12.1 Å². The standard InChI is InChI=1S/C18H24N6O3/c1-9-16-11(10-4-2-3-5-13(10)22-16)8-14(21-9)18(27)24-23-17(26)12(19)6-7-15(20)25/h2-5,9,12,14,21-22H,6-8,19H2,1H3,(H2,20,25)(H,23,26)(H,24,27)/t9-,12-,14-/m0/s1. The van der Waals surface area contributed by atoms with E-state index in [4.69, 9.17) is 11.5 Å². The molecular formula is C18H24N6O3. The van der Waals surface area contributed by atoms with E-state index in [1.54, 1.807) is 0 Å². The number of aromatic nitrogens is 1. The molecule has 9 heteroatoms. The monoisotopic (exact) mass is 372 g/mol. The summed E-state index contributed by atoms with van der Waals surface area (Å²) < 4.78 is 0. The molecule has 144 valence electrons. The van der Waals surface area contributed by atoms with Gasteiger partial charge < -0.3 is 16.5 Å². The maximum Gasteiger partial charge on any atom is 0.255 e. The lowest BCUT2D eigenvalue weighted by Crippen LogP contribution is -2.56. The first-order valence-electron chi connectivity index (χ1n) is 8.86. The first-order chi connectivity index (χ1) is 12.9. The quantitative estimate of drug-likeness (QED) is 0.390. The molecule has 2 aromatic rings. The molecule has 0 bridgehead atoms. The summed E-state index contributed by atoms with van der Waals surface area (Å²) in [6.07, 6.45) is 0.626. The molecule has 0 saturated carbocycles. The number of carbonyl (C=O) groups is 3. The second-order valence-corrected chi connectivity index (χ2v) is 6.80. The van der Waals surface area contributed by atoms with E-state index in [1.807, 2.05) is 31.2 Å². The van der Waals surface area contributed by atoms with Gasteiger partial charge in [0.25, 0.3) is 11.8 Å². The zero-order valence-corrected chi connectivity index (χ0v) is 15.0. The second-order valence-electron chi connectivity index (χ2n) is 6.80. The molecule has 8 N–H and O–H groups in total. The number of benzene rings is 1. The normalized spacial score (nSPS) is 19.9. The van der Waals surface area contributed by atoms with Crippen LogP contribution < -0.4 is 27.6 Å². The molecule has 2 heterocycles. The number of fused-ring (bicyclic) bond motifs is 3. The van der Waals surface area contributed by atoms with Crippen LogP contribution in [0, 0.1) is 0 Å². The van der Waals surface area contributed by atoms with Gasteiger partial charge in [-0.3, -0.25) is 30.6 Å². The van der Waals surface area contributed by atoms with E-state index in [9.17, 15) is 14.4 Å².